The van der Waals surface area contributed by atoms with Crippen LogP contribution in [0.5, 0.6) is 0 Å². The maximum absolute atomic E-state index is 12.0. The van der Waals surface area contributed by atoms with Crippen LogP contribution in [0.4, 0.5) is 10.5 Å². The minimum atomic E-state index is -0.284. The van der Waals surface area contributed by atoms with Crippen molar-refractivity contribution in [2.75, 3.05) is 5.32 Å². The second-order valence-corrected chi connectivity index (χ2v) is 6.25. The van der Waals surface area contributed by atoms with Gasteiger partial charge in [-0.25, -0.2) is 4.79 Å². The van der Waals surface area contributed by atoms with Gasteiger partial charge >= 0.3 is 6.03 Å². The van der Waals surface area contributed by atoms with Crippen LogP contribution in [-0.4, -0.2) is 18.0 Å². The van der Waals surface area contributed by atoms with Crippen LogP contribution in [0, 0.1) is 0 Å². The highest BCUT2D eigenvalue weighted by molar-refractivity contribution is 7.09. The van der Waals surface area contributed by atoms with Gasteiger partial charge < -0.3 is 16.0 Å². The molecule has 2 aromatic rings. The summed E-state index contributed by atoms with van der Waals surface area (Å²) in [6.07, 6.45) is 2.10. The predicted octanol–water partition coefficient (Wildman–Crippen LogP) is 2.96. The van der Waals surface area contributed by atoms with Gasteiger partial charge in [0, 0.05) is 22.2 Å². The van der Waals surface area contributed by atoms with Crippen molar-refractivity contribution in [1.82, 2.24) is 10.6 Å². The van der Waals surface area contributed by atoms with Gasteiger partial charge in [-0.05, 0) is 42.5 Å². The number of carbonyl (C=O) groups is 2. The molecule has 0 aliphatic heterocycles. The molecule has 1 aliphatic carbocycles. The molecular formula is C16H17N3O2S. The van der Waals surface area contributed by atoms with Gasteiger partial charge in [0.25, 0.3) is 5.91 Å². The van der Waals surface area contributed by atoms with E-state index < -0.39 is 0 Å². The molecule has 0 spiro atoms. The Balaban J connectivity index is 1.54. The lowest BCUT2D eigenvalue weighted by molar-refractivity contribution is 0.0951. The highest BCUT2D eigenvalue weighted by Gasteiger charge is 2.23. The summed E-state index contributed by atoms with van der Waals surface area (Å²) in [5.41, 5.74) is 1.16. The monoisotopic (exact) mass is 315 g/mol. The molecule has 114 valence electrons. The number of amides is 3. The van der Waals surface area contributed by atoms with E-state index in [-0.39, 0.29) is 11.9 Å². The van der Waals surface area contributed by atoms with Crippen molar-refractivity contribution < 1.29 is 9.59 Å². The largest absolute Gasteiger partial charge is 0.349 e. The van der Waals surface area contributed by atoms with Gasteiger partial charge in [0.15, 0.2) is 0 Å². The molecule has 3 amide bonds. The fourth-order valence-corrected chi connectivity index (χ4v) is 2.64. The highest BCUT2D eigenvalue weighted by atomic mass is 32.1. The van der Waals surface area contributed by atoms with E-state index in [1.165, 1.54) is 0 Å². The number of benzene rings is 1. The number of nitrogens with one attached hydrogen (secondary N) is 3. The standard InChI is InChI=1S/C16H17N3O2S/c20-15(18-12-6-7-12)11-3-1-4-13(9-11)19-16(21)17-10-14-5-2-8-22-14/h1-5,8-9,12H,6-7,10H2,(H,18,20)(H2,17,19,21). The number of carbonyl (C=O) groups excluding carboxylic acids is 2. The van der Waals surface area contributed by atoms with Gasteiger partial charge in [-0.3, -0.25) is 4.79 Å². The molecule has 1 saturated carbocycles. The Morgan fingerprint density at radius 1 is 1.18 bits per heavy atom. The fraction of sp³-hybridized carbons (Fsp3) is 0.250. The SMILES string of the molecule is O=C(NCc1cccs1)Nc1cccc(C(=O)NC2CC2)c1. The predicted molar refractivity (Wildman–Crippen MR) is 87.1 cm³/mol. The highest BCUT2D eigenvalue weighted by Crippen LogP contribution is 2.20. The topological polar surface area (TPSA) is 70.2 Å². The number of anilines is 1. The molecule has 0 saturated heterocycles. The van der Waals surface area contributed by atoms with Crippen LogP contribution < -0.4 is 16.0 Å². The minimum absolute atomic E-state index is 0.0925. The Morgan fingerprint density at radius 3 is 2.77 bits per heavy atom. The molecule has 1 aromatic carbocycles. The maximum atomic E-state index is 12.0. The van der Waals surface area contributed by atoms with Crippen molar-refractivity contribution >= 4 is 29.0 Å². The van der Waals surface area contributed by atoms with E-state index in [9.17, 15) is 9.59 Å². The smallest absolute Gasteiger partial charge is 0.319 e. The summed E-state index contributed by atoms with van der Waals surface area (Å²) in [6.45, 7) is 0.491. The summed E-state index contributed by atoms with van der Waals surface area (Å²) >= 11 is 1.59. The number of hydrogen-bond donors (Lipinski definition) is 3. The molecule has 0 bridgehead atoms. The first-order chi connectivity index (χ1) is 10.7. The van der Waals surface area contributed by atoms with E-state index in [2.05, 4.69) is 16.0 Å². The third kappa shape index (κ3) is 4.08. The summed E-state index contributed by atoms with van der Waals surface area (Å²) in [6, 6.07) is 10.9. The lowest BCUT2D eigenvalue weighted by Crippen LogP contribution is -2.28. The van der Waals surface area contributed by atoms with Crippen LogP contribution in [0.1, 0.15) is 28.1 Å². The molecule has 1 aliphatic rings. The molecule has 5 nitrogen and oxygen atoms in total. The van der Waals surface area contributed by atoms with E-state index in [1.807, 2.05) is 17.5 Å². The number of rotatable bonds is 5. The molecule has 22 heavy (non-hydrogen) atoms. The van der Waals surface area contributed by atoms with Crippen LogP contribution >= 0.6 is 11.3 Å². The molecule has 0 atom stereocenters. The van der Waals surface area contributed by atoms with Crippen molar-refractivity contribution in [3.05, 3.63) is 52.2 Å². The van der Waals surface area contributed by atoms with Crippen molar-refractivity contribution in [2.45, 2.75) is 25.4 Å². The summed E-state index contributed by atoms with van der Waals surface area (Å²) in [5.74, 6) is -0.0925. The molecule has 1 heterocycles. The average Bonchev–Trinajstić information content (AvgIpc) is 3.17. The normalized spacial score (nSPS) is 13.5. The van der Waals surface area contributed by atoms with Crippen molar-refractivity contribution in [3.8, 4) is 0 Å². The zero-order chi connectivity index (χ0) is 15.4. The molecular weight excluding hydrogens is 298 g/mol. The molecule has 3 N–H and O–H groups in total. The van der Waals surface area contributed by atoms with Gasteiger partial charge in [0.1, 0.15) is 0 Å². The second kappa shape index (κ2) is 6.62. The van der Waals surface area contributed by atoms with Crippen LogP contribution in [0.25, 0.3) is 0 Å². The Hall–Kier alpha value is -2.34. The van der Waals surface area contributed by atoms with E-state index in [0.717, 1.165) is 17.7 Å². The van der Waals surface area contributed by atoms with Crippen molar-refractivity contribution in [2.24, 2.45) is 0 Å². The Kier molecular flexibility index (Phi) is 4.39. The molecule has 6 heteroatoms. The summed E-state index contributed by atoms with van der Waals surface area (Å²) < 4.78 is 0. The Morgan fingerprint density at radius 2 is 2.05 bits per heavy atom. The third-order valence-electron chi connectivity index (χ3n) is 3.30. The molecule has 1 aromatic heterocycles. The van der Waals surface area contributed by atoms with Crippen molar-refractivity contribution in [3.63, 3.8) is 0 Å². The molecule has 1 fully saturated rings. The van der Waals surface area contributed by atoms with Crippen LogP contribution in [0.2, 0.25) is 0 Å². The summed E-state index contributed by atoms with van der Waals surface area (Å²) in [5, 5.41) is 10.4. The van der Waals surface area contributed by atoms with Gasteiger partial charge in [-0.2, -0.15) is 0 Å². The zero-order valence-electron chi connectivity index (χ0n) is 12.0. The maximum Gasteiger partial charge on any atom is 0.319 e. The van der Waals surface area contributed by atoms with E-state index in [0.29, 0.717) is 23.8 Å². The first-order valence-corrected chi connectivity index (χ1v) is 8.07. The Bertz CT molecular complexity index is 666. The molecule has 0 radical (unpaired) electrons. The van der Waals surface area contributed by atoms with Gasteiger partial charge in [-0.1, -0.05) is 12.1 Å². The lowest BCUT2D eigenvalue weighted by Gasteiger charge is -2.09. The Labute approximate surface area is 132 Å². The van der Waals surface area contributed by atoms with Crippen LogP contribution in [-0.2, 0) is 6.54 Å². The van der Waals surface area contributed by atoms with Crippen LogP contribution in [0.3, 0.4) is 0 Å². The van der Waals surface area contributed by atoms with Gasteiger partial charge in [0.05, 0.1) is 6.54 Å². The molecule has 0 unspecified atom stereocenters. The molecule has 3 rings (SSSR count). The van der Waals surface area contributed by atoms with Gasteiger partial charge in [-0.15, -0.1) is 11.3 Å². The first kappa shape index (κ1) is 14.6. The van der Waals surface area contributed by atoms with E-state index in [4.69, 9.17) is 0 Å². The number of urea groups is 1. The first-order valence-electron chi connectivity index (χ1n) is 7.19. The van der Waals surface area contributed by atoms with E-state index in [1.54, 1.807) is 35.6 Å². The third-order valence-corrected chi connectivity index (χ3v) is 4.17. The van der Waals surface area contributed by atoms with E-state index >= 15 is 0 Å². The fourth-order valence-electron chi connectivity index (χ4n) is 1.99. The van der Waals surface area contributed by atoms with Crippen molar-refractivity contribution in [1.29, 1.82) is 0 Å². The number of hydrogen-bond acceptors (Lipinski definition) is 3. The summed E-state index contributed by atoms with van der Waals surface area (Å²) in [7, 11) is 0. The summed E-state index contributed by atoms with van der Waals surface area (Å²) in [4.78, 5) is 24.9. The lowest BCUT2D eigenvalue weighted by atomic mass is 10.2. The quantitative estimate of drug-likeness (QED) is 0.794. The minimum Gasteiger partial charge on any atom is -0.349 e. The zero-order valence-corrected chi connectivity index (χ0v) is 12.8. The average molecular weight is 315 g/mol. The second-order valence-electron chi connectivity index (χ2n) is 5.22. The van der Waals surface area contributed by atoms with Crippen LogP contribution in [0.15, 0.2) is 41.8 Å². The van der Waals surface area contributed by atoms with Gasteiger partial charge in [0.2, 0.25) is 0 Å². The number of thiophene rings is 1.